The van der Waals surface area contributed by atoms with Crippen LogP contribution in [0.5, 0.6) is 0 Å². The third-order valence-electron chi connectivity index (χ3n) is 3.79. The average Bonchev–Trinajstić information content (AvgIpc) is 2.63. The van der Waals surface area contributed by atoms with Crippen LogP contribution in [0.25, 0.3) is 0 Å². The van der Waals surface area contributed by atoms with E-state index >= 15 is 0 Å². The van der Waals surface area contributed by atoms with Crippen molar-refractivity contribution in [1.29, 1.82) is 0 Å². The highest BCUT2D eigenvalue weighted by Gasteiger charge is 2.13. The standard InChI is InChI=1S/C20H29N2O5/c1-2-14-19(21(24)25)16-17-20(22(26)27)15-12-10-8-6-4-3-5-7-9-11-13-18-23/h4,6,10,12,14,17H,2-3,5,7-9,11,13,15-16H2,1H3/b6-4-,12-10-,19-14+,20-17+. The lowest BCUT2D eigenvalue weighted by molar-refractivity contribution is -0.431. The number of allylic oxidation sites excluding steroid dienone is 6. The van der Waals surface area contributed by atoms with E-state index in [9.17, 15) is 25.0 Å². The highest BCUT2D eigenvalue weighted by molar-refractivity contribution is 5.50. The van der Waals surface area contributed by atoms with Crippen molar-refractivity contribution in [3.05, 3.63) is 68.1 Å². The first kappa shape index (κ1) is 24.4. The zero-order valence-electron chi connectivity index (χ0n) is 16.0. The molecule has 27 heavy (non-hydrogen) atoms. The fourth-order valence-electron chi connectivity index (χ4n) is 2.33. The van der Waals surface area contributed by atoms with Gasteiger partial charge in [-0.2, -0.15) is 0 Å². The van der Waals surface area contributed by atoms with Crippen LogP contribution in [0.3, 0.4) is 0 Å². The van der Waals surface area contributed by atoms with E-state index in [0.717, 1.165) is 32.1 Å². The number of nitrogens with zero attached hydrogens (tertiary/aromatic N) is 2. The predicted octanol–water partition coefficient (Wildman–Crippen LogP) is 5.45. The lowest BCUT2D eigenvalue weighted by Gasteiger charge is -1.96. The summed E-state index contributed by atoms with van der Waals surface area (Å²) in [5.41, 5.74) is -0.0558. The Bertz CT molecular complexity index is 577. The molecule has 0 amide bonds. The second kappa shape index (κ2) is 16.9. The van der Waals surface area contributed by atoms with Crippen molar-refractivity contribution in [2.45, 2.75) is 71.1 Å². The molecule has 149 valence electrons. The molecular weight excluding hydrogens is 348 g/mol. The minimum absolute atomic E-state index is 0.0203. The van der Waals surface area contributed by atoms with Crippen LogP contribution in [-0.2, 0) is 4.79 Å². The summed E-state index contributed by atoms with van der Waals surface area (Å²) < 4.78 is 0. The van der Waals surface area contributed by atoms with Crippen molar-refractivity contribution >= 4 is 6.29 Å². The number of hydrogen-bond acceptors (Lipinski definition) is 5. The van der Waals surface area contributed by atoms with Gasteiger partial charge in [0.2, 0.25) is 11.4 Å². The highest BCUT2D eigenvalue weighted by Crippen LogP contribution is 2.11. The molecule has 1 radical (unpaired) electrons. The van der Waals surface area contributed by atoms with Gasteiger partial charge in [-0.3, -0.25) is 25.0 Å². The summed E-state index contributed by atoms with van der Waals surface area (Å²) in [6, 6.07) is 0. The molecule has 0 atom stereocenters. The maximum Gasteiger partial charge on any atom is 0.246 e. The smallest absolute Gasteiger partial charge is 0.246 e. The van der Waals surface area contributed by atoms with E-state index in [1.807, 2.05) is 18.4 Å². The van der Waals surface area contributed by atoms with E-state index in [-0.39, 0.29) is 24.2 Å². The van der Waals surface area contributed by atoms with Crippen molar-refractivity contribution < 1.29 is 14.6 Å². The molecule has 7 nitrogen and oxygen atoms in total. The Balaban J connectivity index is 4.20. The maximum atomic E-state index is 11.1. The summed E-state index contributed by atoms with van der Waals surface area (Å²) in [5, 5.41) is 21.9. The fourth-order valence-corrected chi connectivity index (χ4v) is 2.33. The third kappa shape index (κ3) is 14.3. The first-order valence-electron chi connectivity index (χ1n) is 9.34. The minimum Gasteiger partial charge on any atom is -0.291 e. The van der Waals surface area contributed by atoms with Gasteiger partial charge in [0, 0.05) is 6.42 Å². The van der Waals surface area contributed by atoms with E-state index in [0.29, 0.717) is 19.3 Å². The summed E-state index contributed by atoms with van der Waals surface area (Å²) in [7, 11) is 0. The predicted molar refractivity (Wildman–Crippen MR) is 106 cm³/mol. The summed E-state index contributed by atoms with van der Waals surface area (Å²) in [4.78, 5) is 31.0. The van der Waals surface area contributed by atoms with Gasteiger partial charge in [0.15, 0.2) is 6.29 Å². The average molecular weight is 377 g/mol. The van der Waals surface area contributed by atoms with E-state index in [2.05, 4.69) is 6.08 Å². The Labute approximate surface area is 160 Å². The van der Waals surface area contributed by atoms with E-state index < -0.39 is 9.85 Å². The van der Waals surface area contributed by atoms with Gasteiger partial charge >= 0.3 is 0 Å². The Morgan fingerprint density at radius 1 is 0.852 bits per heavy atom. The lowest BCUT2D eigenvalue weighted by Crippen LogP contribution is -2.01. The van der Waals surface area contributed by atoms with Gasteiger partial charge in [-0.1, -0.05) is 44.1 Å². The number of unbranched alkanes of at least 4 members (excludes halogenated alkanes) is 5. The normalized spacial score (nSPS) is 12.8. The van der Waals surface area contributed by atoms with Crippen LogP contribution in [0.2, 0.25) is 0 Å². The number of rotatable bonds is 16. The molecular formula is C20H29N2O5. The molecule has 0 rings (SSSR count). The van der Waals surface area contributed by atoms with Gasteiger partial charge < -0.3 is 0 Å². The van der Waals surface area contributed by atoms with Crippen LogP contribution in [0.15, 0.2) is 47.9 Å². The highest BCUT2D eigenvalue weighted by atomic mass is 16.6. The second-order valence-corrected chi connectivity index (χ2v) is 6.00. The van der Waals surface area contributed by atoms with Gasteiger partial charge in [-0.15, -0.1) is 0 Å². The topological polar surface area (TPSA) is 103 Å². The summed E-state index contributed by atoms with van der Waals surface area (Å²) in [6.45, 7) is 1.78. The maximum absolute atomic E-state index is 11.1. The molecule has 0 saturated carbocycles. The number of hydrogen-bond donors (Lipinski definition) is 0. The van der Waals surface area contributed by atoms with Gasteiger partial charge in [-0.25, -0.2) is 0 Å². The van der Waals surface area contributed by atoms with E-state index in [1.165, 1.54) is 12.2 Å². The molecule has 0 aliphatic carbocycles. The quantitative estimate of drug-likeness (QED) is 0.154. The Hall–Kier alpha value is -2.57. The third-order valence-corrected chi connectivity index (χ3v) is 3.79. The number of carbonyl (C=O) groups excluding carboxylic acids is 1. The van der Waals surface area contributed by atoms with Crippen LogP contribution in [0, 0.1) is 20.2 Å². The molecule has 7 heteroatoms. The van der Waals surface area contributed by atoms with E-state index in [1.54, 1.807) is 13.0 Å². The summed E-state index contributed by atoms with van der Waals surface area (Å²) in [6.07, 6.45) is 19.3. The Morgan fingerprint density at radius 2 is 1.48 bits per heavy atom. The minimum atomic E-state index is -0.501. The molecule has 0 spiro atoms. The molecule has 0 aromatic carbocycles. The number of nitro groups is 2. The lowest BCUT2D eigenvalue weighted by atomic mass is 10.1. The zero-order valence-corrected chi connectivity index (χ0v) is 16.0. The van der Waals surface area contributed by atoms with Gasteiger partial charge in [0.25, 0.3) is 0 Å². The molecule has 0 N–H and O–H groups in total. The molecule has 0 aliphatic heterocycles. The first-order chi connectivity index (χ1) is 13.0. The van der Waals surface area contributed by atoms with Crippen molar-refractivity contribution in [3.63, 3.8) is 0 Å². The molecule has 0 saturated heterocycles. The molecule has 0 bridgehead atoms. The summed E-state index contributed by atoms with van der Waals surface area (Å²) in [5.74, 6) is 0. The van der Waals surface area contributed by atoms with Crippen molar-refractivity contribution in [2.24, 2.45) is 0 Å². The van der Waals surface area contributed by atoms with Gasteiger partial charge in [0.05, 0.1) is 22.7 Å². The van der Waals surface area contributed by atoms with Crippen LogP contribution in [0.1, 0.15) is 71.1 Å². The fraction of sp³-hybridized carbons (Fsp3) is 0.550. The van der Waals surface area contributed by atoms with Crippen LogP contribution < -0.4 is 0 Å². The Morgan fingerprint density at radius 3 is 2.11 bits per heavy atom. The van der Waals surface area contributed by atoms with Gasteiger partial charge in [0.1, 0.15) is 0 Å². The van der Waals surface area contributed by atoms with Crippen molar-refractivity contribution in [1.82, 2.24) is 0 Å². The van der Waals surface area contributed by atoms with Crippen LogP contribution in [0.4, 0.5) is 0 Å². The molecule has 0 aromatic heterocycles. The Kier molecular flexibility index (Phi) is 15.3. The van der Waals surface area contributed by atoms with Crippen molar-refractivity contribution in [2.75, 3.05) is 0 Å². The monoisotopic (exact) mass is 377 g/mol. The molecule has 0 unspecified atom stereocenters. The van der Waals surface area contributed by atoms with Gasteiger partial charge in [-0.05, 0) is 44.3 Å². The van der Waals surface area contributed by atoms with Crippen molar-refractivity contribution in [3.8, 4) is 0 Å². The molecule has 0 fully saturated rings. The molecule has 0 aliphatic rings. The summed E-state index contributed by atoms with van der Waals surface area (Å²) >= 11 is 0. The van der Waals surface area contributed by atoms with Crippen LogP contribution in [-0.4, -0.2) is 16.1 Å². The van der Waals surface area contributed by atoms with Crippen LogP contribution >= 0.6 is 0 Å². The molecule has 0 aromatic rings. The SMILES string of the molecule is CC/C=C(\C/C=C(\C/C=C\C/C=C\CCCCCC[C]=O)[N+](=O)[O-])[N+](=O)[O-]. The zero-order chi connectivity index (χ0) is 20.3. The van der Waals surface area contributed by atoms with E-state index in [4.69, 9.17) is 0 Å². The second-order valence-electron chi connectivity index (χ2n) is 6.00. The largest absolute Gasteiger partial charge is 0.291 e. The molecule has 0 heterocycles. The first-order valence-corrected chi connectivity index (χ1v) is 9.34.